The molecule has 0 bridgehead atoms. The van der Waals surface area contributed by atoms with Gasteiger partial charge in [0.25, 0.3) is 0 Å². The van der Waals surface area contributed by atoms with Crippen molar-refractivity contribution in [1.29, 1.82) is 0 Å². The van der Waals surface area contributed by atoms with E-state index in [9.17, 15) is 18.0 Å². The van der Waals surface area contributed by atoms with Crippen LogP contribution in [-0.2, 0) is 26.2 Å². The van der Waals surface area contributed by atoms with Crippen molar-refractivity contribution in [3.63, 3.8) is 0 Å². The molecule has 0 saturated heterocycles. The molecule has 0 radical (unpaired) electrons. The lowest BCUT2D eigenvalue weighted by atomic mass is 10.0. The van der Waals surface area contributed by atoms with E-state index >= 15 is 0 Å². The molecule has 2 aromatic rings. The second-order valence-electron chi connectivity index (χ2n) is 9.33. The first-order chi connectivity index (χ1) is 16.8. The molecule has 2 amide bonds. The molecule has 0 aliphatic rings. The number of halogens is 2. The summed E-state index contributed by atoms with van der Waals surface area (Å²) in [5.74, 6) is -0.612. The summed E-state index contributed by atoms with van der Waals surface area (Å²) in [6.45, 7) is 8.99. The van der Waals surface area contributed by atoms with Gasteiger partial charge in [-0.2, -0.15) is 0 Å². The zero-order valence-corrected chi connectivity index (χ0v) is 23.9. The fourth-order valence-electron chi connectivity index (χ4n) is 3.79. The maximum Gasteiger partial charge on any atom is 0.244 e. The van der Waals surface area contributed by atoms with Crippen LogP contribution in [0.2, 0.25) is 10.0 Å². The first kappa shape index (κ1) is 29.9. The monoisotopic (exact) mass is 555 g/mol. The van der Waals surface area contributed by atoms with Crippen LogP contribution in [0, 0.1) is 0 Å². The molecule has 0 saturated carbocycles. The van der Waals surface area contributed by atoms with Crippen molar-refractivity contribution in [2.24, 2.45) is 0 Å². The summed E-state index contributed by atoms with van der Waals surface area (Å²) < 4.78 is 26.5. The van der Waals surface area contributed by atoms with Crippen LogP contribution in [0.4, 0.5) is 5.69 Å². The molecule has 1 N–H and O–H groups in total. The minimum absolute atomic E-state index is 0.0503. The number of carbonyl (C=O) groups excluding carboxylic acids is 2. The topological polar surface area (TPSA) is 86.8 Å². The molecule has 36 heavy (non-hydrogen) atoms. The van der Waals surface area contributed by atoms with E-state index in [4.69, 9.17) is 23.2 Å². The van der Waals surface area contributed by atoms with Gasteiger partial charge < -0.3 is 10.2 Å². The number of anilines is 1. The number of rotatable bonds is 11. The van der Waals surface area contributed by atoms with Crippen molar-refractivity contribution in [2.45, 2.75) is 65.6 Å². The number of hydrogen-bond donors (Lipinski definition) is 1. The van der Waals surface area contributed by atoms with E-state index in [-0.39, 0.29) is 24.4 Å². The molecule has 1 atom stereocenters. The smallest absolute Gasteiger partial charge is 0.244 e. The van der Waals surface area contributed by atoms with Gasteiger partial charge in [-0.3, -0.25) is 13.9 Å². The van der Waals surface area contributed by atoms with E-state index in [1.807, 2.05) is 39.8 Å². The van der Waals surface area contributed by atoms with Crippen LogP contribution in [0.3, 0.4) is 0 Å². The Morgan fingerprint density at radius 1 is 0.972 bits per heavy atom. The van der Waals surface area contributed by atoms with Gasteiger partial charge in [0, 0.05) is 28.2 Å². The highest BCUT2D eigenvalue weighted by molar-refractivity contribution is 7.92. The van der Waals surface area contributed by atoms with Crippen LogP contribution >= 0.6 is 23.2 Å². The van der Waals surface area contributed by atoms with Crippen molar-refractivity contribution in [3.8, 4) is 0 Å². The van der Waals surface area contributed by atoms with Crippen LogP contribution in [0.5, 0.6) is 0 Å². The first-order valence-electron chi connectivity index (χ1n) is 11.9. The SMILES string of the molecule is CC[C@H](C(=O)NC(C)C)N(Cc1c(Cl)cccc1Cl)C(=O)CN(c1ccc(C(C)C)cc1)S(C)(=O)=O. The van der Waals surface area contributed by atoms with Gasteiger partial charge in [0.05, 0.1) is 11.9 Å². The van der Waals surface area contributed by atoms with Gasteiger partial charge in [-0.05, 0) is 56.0 Å². The van der Waals surface area contributed by atoms with Gasteiger partial charge in [0.1, 0.15) is 12.6 Å². The molecule has 0 fully saturated rings. The predicted molar refractivity (Wildman–Crippen MR) is 147 cm³/mol. The van der Waals surface area contributed by atoms with Crippen LogP contribution in [-0.4, -0.2) is 50.0 Å². The Kier molecular flexibility index (Phi) is 10.6. The highest BCUT2D eigenvalue weighted by atomic mass is 35.5. The van der Waals surface area contributed by atoms with Crippen LogP contribution in [0.1, 0.15) is 58.1 Å². The predicted octanol–water partition coefficient (Wildman–Crippen LogP) is 5.21. The lowest BCUT2D eigenvalue weighted by Crippen LogP contribution is -2.53. The van der Waals surface area contributed by atoms with Crippen LogP contribution in [0.25, 0.3) is 0 Å². The largest absolute Gasteiger partial charge is 0.352 e. The van der Waals surface area contributed by atoms with E-state index in [0.717, 1.165) is 16.1 Å². The summed E-state index contributed by atoms with van der Waals surface area (Å²) in [6.07, 6.45) is 1.36. The second kappa shape index (κ2) is 12.8. The fraction of sp³-hybridized carbons (Fsp3) is 0.462. The number of amides is 2. The molecule has 2 aromatic carbocycles. The Labute approximate surface area is 224 Å². The van der Waals surface area contributed by atoms with Crippen molar-refractivity contribution < 1.29 is 18.0 Å². The highest BCUT2D eigenvalue weighted by Gasteiger charge is 2.32. The Hall–Kier alpha value is -2.29. The lowest BCUT2D eigenvalue weighted by molar-refractivity contribution is -0.140. The molecule has 0 heterocycles. The zero-order valence-electron chi connectivity index (χ0n) is 21.6. The molecular formula is C26H35Cl2N3O4S. The Morgan fingerprint density at radius 2 is 1.53 bits per heavy atom. The molecule has 2 rings (SSSR count). The van der Waals surface area contributed by atoms with E-state index in [1.165, 1.54) is 4.90 Å². The molecule has 0 aliphatic carbocycles. The minimum atomic E-state index is -3.81. The number of sulfonamides is 1. The lowest BCUT2D eigenvalue weighted by Gasteiger charge is -2.33. The fourth-order valence-corrected chi connectivity index (χ4v) is 5.16. The average Bonchev–Trinajstić information content (AvgIpc) is 2.77. The molecule has 0 aliphatic heterocycles. The van der Waals surface area contributed by atoms with Crippen molar-refractivity contribution in [1.82, 2.24) is 10.2 Å². The van der Waals surface area contributed by atoms with E-state index in [2.05, 4.69) is 5.32 Å². The van der Waals surface area contributed by atoms with Crippen LogP contribution in [0.15, 0.2) is 42.5 Å². The van der Waals surface area contributed by atoms with Crippen LogP contribution < -0.4 is 9.62 Å². The molecule has 7 nitrogen and oxygen atoms in total. The average molecular weight is 557 g/mol. The number of nitrogens with one attached hydrogen (secondary N) is 1. The third-order valence-corrected chi connectivity index (χ3v) is 7.58. The van der Waals surface area contributed by atoms with Crippen molar-refractivity contribution >= 4 is 50.7 Å². The van der Waals surface area contributed by atoms with Gasteiger partial charge in [0.15, 0.2) is 0 Å². The Morgan fingerprint density at radius 3 is 1.97 bits per heavy atom. The quantitative estimate of drug-likeness (QED) is 0.412. The van der Waals surface area contributed by atoms with Gasteiger partial charge in [0.2, 0.25) is 21.8 Å². The van der Waals surface area contributed by atoms with Crippen molar-refractivity contribution in [3.05, 3.63) is 63.6 Å². The second-order valence-corrected chi connectivity index (χ2v) is 12.0. The minimum Gasteiger partial charge on any atom is -0.352 e. The van der Waals surface area contributed by atoms with Crippen molar-refractivity contribution in [2.75, 3.05) is 17.1 Å². The number of carbonyl (C=O) groups is 2. The number of nitrogens with zero attached hydrogens (tertiary/aromatic N) is 2. The van der Waals surface area contributed by atoms with Gasteiger partial charge >= 0.3 is 0 Å². The molecule has 0 spiro atoms. The maximum atomic E-state index is 13.7. The molecule has 10 heteroatoms. The molecule has 198 valence electrons. The Balaban J connectivity index is 2.49. The molecule has 0 aromatic heterocycles. The summed E-state index contributed by atoms with van der Waals surface area (Å²) in [5, 5.41) is 3.55. The highest BCUT2D eigenvalue weighted by Crippen LogP contribution is 2.28. The molecular weight excluding hydrogens is 521 g/mol. The maximum absolute atomic E-state index is 13.7. The third-order valence-electron chi connectivity index (χ3n) is 5.73. The summed E-state index contributed by atoms with van der Waals surface area (Å²) in [5.41, 5.74) is 1.90. The first-order valence-corrected chi connectivity index (χ1v) is 14.5. The number of benzene rings is 2. The summed E-state index contributed by atoms with van der Waals surface area (Å²) in [7, 11) is -3.81. The number of hydrogen-bond acceptors (Lipinski definition) is 4. The Bertz CT molecular complexity index is 1150. The van der Waals surface area contributed by atoms with Gasteiger partial charge in [-0.25, -0.2) is 8.42 Å². The summed E-state index contributed by atoms with van der Waals surface area (Å²) in [6, 6.07) is 11.1. The molecule has 0 unspecified atom stereocenters. The van der Waals surface area contributed by atoms with E-state index < -0.39 is 28.5 Å². The summed E-state index contributed by atoms with van der Waals surface area (Å²) >= 11 is 12.8. The van der Waals surface area contributed by atoms with Gasteiger partial charge in [-0.1, -0.05) is 62.2 Å². The van der Waals surface area contributed by atoms with E-state index in [1.54, 1.807) is 37.3 Å². The van der Waals surface area contributed by atoms with E-state index in [0.29, 0.717) is 27.7 Å². The normalized spacial score (nSPS) is 12.5. The zero-order chi connectivity index (χ0) is 27.2. The standard InChI is InChI=1S/C26H35Cl2N3O4S/c1-7-24(26(33)29-18(4)5)30(15-21-22(27)9-8-10-23(21)28)25(32)16-31(36(6,34)35)20-13-11-19(12-14-20)17(2)3/h8-14,17-18,24H,7,15-16H2,1-6H3,(H,29,33)/t24-/m1/s1. The summed E-state index contributed by atoms with van der Waals surface area (Å²) in [4.78, 5) is 28.1. The third kappa shape index (κ3) is 7.85. The van der Waals surface area contributed by atoms with Gasteiger partial charge in [-0.15, -0.1) is 0 Å².